The molecule has 0 N–H and O–H groups in total. The number of hydrogen-bond donors (Lipinski definition) is 0. The maximum Gasteiger partial charge on any atom is 0.0825 e. The van der Waals surface area contributed by atoms with E-state index in [1.807, 2.05) is 29.0 Å². The number of halogens is 2. The fourth-order valence-electron chi connectivity index (χ4n) is 4.18. The van der Waals surface area contributed by atoms with Crippen molar-refractivity contribution in [3.63, 3.8) is 0 Å². The van der Waals surface area contributed by atoms with Crippen LogP contribution in [-0.4, -0.2) is 67.1 Å². The minimum atomic E-state index is 0.640. The Hall–Kier alpha value is -0.850. The maximum atomic E-state index is 6.38. The van der Waals surface area contributed by atoms with Crippen LogP contribution in [0, 0.1) is 0 Å². The first-order valence-electron chi connectivity index (χ1n) is 10.3. The summed E-state index contributed by atoms with van der Waals surface area (Å²) in [6.45, 7) is 8.98. The summed E-state index contributed by atoms with van der Waals surface area (Å²) in [6.07, 6.45) is 4.84. The van der Waals surface area contributed by atoms with Gasteiger partial charge in [0.1, 0.15) is 0 Å². The number of anilines is 1. The van der Waals surface area contributed by atoms with E-state index in [0.29, 0.717) is 10.0 Å². The fourth-order valence-corrected chi connectivity index (χ4v) is 5.40. The highest BCUT2D eigenvalue weighted by Crippen LogP contribution is 2.32. The Kier molecular flexibility index (Phi) is 7.13. The third-order valence-electron chi connectivity index (χ3n) is 5.89. The second-order valence-electron chi connectivity index (χ2n) is 7.67. The number of rotatable bonds is 6. The first-order valence-corrected chi connectivity index (χ1v) is 11.9. The van der Waals surface area contributed by atoms with Crippen molar-refractivity contribution in [3.05, 3.63) is 44.3 Å². The van der Waals surface area contributed by atoms with Crippen molar-refractivity contribution in [2.24, 2.45) is 0 Å². The predicted octanol–water partition coefficient (Wildman–Crippen LogP) is 4.45. The molecule has 3 heterocycles. The van der Waals surface area contributed by atoms with Crippen LogP contribution in [0.2, 0.25) is 10.0 Å². The number of nitrogens with zero attached hydrogens (tertiary/aromatic N) is 4. The van der Waals surface area contributed by atoms with Gasteiger partial charge in [-0.15, -0.1) is 11.3 Å². The van der Waals surface area contributed by atoms with Crippen molar-refractivity contribution in [1.29, 1.82) is 0 Å². The maximum absolute atomic E-state index is 6.38. The summed E-state index contributed by atoms with van der Waals surface area (Å²) < 4.78 is 0. The highest BCUT2D eigenvalue weighted by molar-refractivity contribution is 7.09. The molecule has 1 saturated heterocycles. The molecule has 0 spiro atoms. The van der Waals surface area contributed by atoms with Crippen LogP contribution >= 0.6 is 34.5 Å². The normalized spacial score (nSPS) is 18.9. The Bertz CT molecular complexity index is 751. The van der Waals surface area contributed by atoms with Gasteiger partial charge in [0.25, 0.3) is 0 Å². The van der Waals surface area contributed by atoms with E-state index >= 15 is 0 Å². The summed E-state index contributed by atoms with van der Waals surface area (Å²) in [5, 5.41) is 1.32. The molecule has 4 rings (SSSR count). The molecule has 152 valence electrons. The first-order chi connectivity index (χ1) is 13.7. The van der Waals surface area contributed by atoms with E-state index in [2.05, 4.69) is 25.8 Å². The number of fused-ring (bicyclic) bond motifs is 1. The van der Waals surface area contributed by atoms with E-state index in [1.54, 1.807) is 0 Å². The molecule has 1 aromatic heterocycles. The average Bonchev–Trinajstić information content (AvgIpc) is 3.08. The molecule has 2 aliphatic heterocycles. The van der Waals surface area contributed by atoms with Crippen molar-refractivity contribution >= 4 is 40.2 Å². The Balaban J connectivity index is 1.14. The monoisotopic (exact) mass is 438 g/mol. The first kappa shape index (κ1) is 20.4. The quantitative estimate of drug-likeness (QED) is 0.621. The molecule has 28 heavy (non-hydrogen) atoms. The Morgan fingerprint density at radius 2 is 1.61 bits per heavy atom. The van der Waals surface area contributed by atoms with E-state index < -0.39 is 0 Å². The third-order valence-corrected chi connectivity index (χ3v) is 7.63. The smallest absolute Gasteiger partial charge is 0.0825 e. The van der Waals surface area contributed by atoms with Crippen LogP contribution in [0.15, 0.2) is 23.7 Å². The van der Waals surface area contributed by atoms with Crippen LogP contribution < -0.4 is 4.90 Å². The van der Waals surface area contributed by atoms with Gasteiger partial charge in [-0.1, -0.05) is 29.3 Å². The lowest BCUT2D eigenvalue weighted by Crippen LogP contribution is -2.46. The molecular weight excluding hydrogens is 411 g/mol. The molecule has 0 unspecified atom stereocenters. The van der Waals surface area contributed by atoms with E-state index in [-0.39, 0.29) is 0 Å². The van der Waals surface area contributed by atoms with Crippen LogP contribution in [0.1, 0.15) is 23.4 Å². The minimum Gasteiger partial charge on any atom is -0.368 e. The van der Waals surface area contributed by atoms with E-state index in [0.717, 1.165) is 44.8 Å². The highest BCUT2D eigenvalue weighted by Gasteiger charge is 2.20. The van der Waals surface area contributed by atoms with Gasteiger partial charge in [0.2, 0.25) is 0 Å². The molecule has 0 atom stereocenters. The van der Waals surface area contributed by atoms with Crippen LogP contribution in [0.4, 0.5) is 5.69 Å². The molecule has 0 radical (unpaired) electrons. The number of hydrogen-bond acceptors (Lipinski definition) is 5. The molecule has 0 aliphatic carbocycles. The van der Waals surface area contributed by atoms with Gasteiger partial charge in [0, 0.05) is 50.6 Å². The summed E-state index contributed by atoms with van der Waals surface area (Å²) in [5.74, 6) is 0. The summed E-state index contributed by atoms with van der Waals surface area (Å²) in [4.78, 5) is 13.6. The van der Waals surface area contributed by atoms with Crippen molar-refractivity contribution in [2.75, 3.05) is 57.3 Å². The lowest BCUT2D eigenvalue weighted by Gasteiger charge is -2.36. The average molecular weight is 439 g/mol. The number of thiazole rings is 1. The SMILES string of the molecule is Clc1cccc(N2CCN(CCCCN3CCc4ncsc4CC3)CC2)c1Cl. The topological polar surface area (TPSA) is 22.6 Å². The zero-order valence-electron chi connectivity index (χ0n) is 16.2. The minimum absolute atomic E-state index is 0.640. The van der Waals surface area contributed by atoms with Crippen molar-refractivity contribution in [2.45, 2.75) is 25.7 Å². The second kappa shape index (κ2) is 9.77. The third kappa shape index (κ3) is 5.00. The van der Waals surface area contributed by atoms with Crippen LogP contribution in [0.3, 0.4) is 0 Å². The number of piperazine rings is 1. The summed E-state index contributed by atoms with van der Waals surface area (Å²) in [5.41, 5.74) is 4.41. The highest BCUT2D eigenvalue weighted by atomic mass is 35.5. The van der Waals surface area contributed by atoms with Gasteiger partial charge in [-0.25, -0.2) is 4.98 Å². The molecule has 7 heteroatoms. The van der Waals surface area contributed by atoms with Gasteiger partial charge in [-0.2, -0.15) is 0 Å². The molecule has 0 bridgehead atoms. The summed E-state index contributed by atoms with van der Waals surface area (Å²) >= 11 is 14.4. The van der Waals surface area contributed by atoms with Crippen LogP contribution in [0.5, 0.6) is 0 Å². The lowest BCUT2D eigenvalue weighted by atomic mass is 10.2. The molecule has 1 fully saturated rings. The molecule has 0 saturated carbocycles. The van der Waals surface area contributed by atoms with Gasteiger partial charge in [-0.3, -0.25) is 4.90 Å². The van der Waals surface area contributed by atoms with Gasteiger partial charge in [0.05, 0.1) is 26.9 Å². The van der Waals surface area contributed by atoms with Gasteiger partial charge in [0.15, 0.2) is 0 Å². The molecule has 2 aromatic rings. The van der Waals surface area contributed by atoms with Gasteiger partial charge in [-0.05, 0) is 44.5 Å². The number of benzene rings is 1. The van der Waals surface area contributed by atoms with Crippen molar-refractivity contribution in [3.8, 4) is 0 Å². The van der Waals surface area contributed by atoms with Crippen molar-refractivity contribution < 1.29 is 0 Å². The van der Waals surface area contributed by atoms with Gasteiger partial charge >= 0.3 is 0 Å². The Morgan fingerprint density at radius 3 is 2.39 bits per heavy atom. The Labute approximate surface area is 182 Å². The molecular formula is C21H28Cl2N4S. The fraction of sp³-hybridized carbons (Fsp3) is 0.571. The lowest BCUT2D eigenvalue weighted by molar-refractivity contribution is 0.236. The zero-order valence-corrected chi connectivity index (χ0v) is 18.6. The zero-order chi connectivity index (χ0) is 19.3. The molecule has 0 amide bonds. The van der Waals surface area contributed by atoms with E-state index in [1.165, 1.54) is 49.5 Å². The standard InChI is InChI=1S/C21H28Cl2N4S/c22-17-4-3-5-19(21(17)23)27-14-12-26(13-15-27)9-2-1-8-25-10-6-18-20(7-11-25)28-16-24-18/h3-5,16H,1-2,6-15H2. The van der Waals surface area contributed by atoms with E-state index in [9.17, 15) is 0 Å². The largest absolute Gasteiger partial charge is 0.368 e. The summed E-state index contributed by atoms with van der Waals surface area (Å²) in [7, 11) is 0. The molecule has 1 aromatic carbocycles. The van der Waals surface area contributed by atoms with Gasteiger partial charge < -0.3 is 9.80 Å². The Morgan fingerprint density at radius 1 is 0.893 bits per heavy atom. The number of unbranched alkanes of at least 4 members (excludes halogenated alkanes) is 1. The second-order valence-corrected chi connectivity index (χ2v) is 9.40. The van der Waals surface area contributed by atoms with Crippen LogP contribution in [0.25, 0.3) is 0 Å². The molecule has 4 nitrogen and oxygen atoms in total. The predicted molar refractivity (Wildman–Crippen MR) is 120 cm³/mol. The number of aromatic nitrogens is 1. The summed E-state index contributed by atoms with van der Waals surface area (Å²) in [6, 6.07) is 5.90. The molecule has 2 aliphatic rings. The van der Waals surface area contributed by atoms with Crippen molar-refractivity contribution in [1.82, 2.24) is 14.8 Å². The van der Waals surface area contributed by atoms with Crippen LogP contribution in [-0.2, 0) is 12.8 Å². The van der Waals surface area contributed by atoms with E-state index in [4.69, 9.17) is 23.2 Å².